The van der Waals surface area contributed by atoms with Crippen LogP contribution < -0.4 is 0 Å². The smallest absolute Gasteiger partial charge is 0.0708 e. The van der Waals surface area contributed by atoms with E-state index in [-0.39, 0.29) is 0 Å². The summed E-state index contributed by atoms with van der Waals surface area (Å²) >= 11 is 3.45. The molecular weight excluding hydrogens is 286 g/mol. The van der Waals surface area contributed by atoms with Crippen molar-refractivity contribution in [2.24, 2.45) is 0 Å². The molecule has 2 heteroatoms. The highest BCUT2D eigenvalue weighted by Gasteiger charge is 2.02. The van der Waals surface area contributed by atoms with Gasteiger partial charge in [-0.15, -0.1) is 0 Å². The molecular formula is C16H12BrN. The molecule has 3 rings (SSSR count). The average Bonchev–Trinajstić information content (AvgIpc) is 2.39. The van der Waals surface area contributed by atoms with Crippen molar-refractivity contribution in [1.82, 2.24) is 4.98 Å². The topological polar surface area (TPSA) is 12.9 Å². The fraction of sp³-hybridized carbons (Fsp3) is 0.0625. The Morgan fingerprint density at radius 1 is 1.00 bits per heavy atom. The van der Waals surface area contributed by atoms with Gasteiger partial charge in [0.1, 0.15) is 0 Å². The van der Waals surface area contributed by atoms with Crippen molar-refractivity contribution in [3.05, 3.63) is 64.8 Å². The molecule has 88 valence electrons. The van der Waals surface area contributed by atoms with Crippen LogP contribution in [-0.2, 0) is 0 Å². The summed E-state index contributed by atoms with van der Waals surface area (Å²) in [7, 11) is 0. The molecule has 3 aromatic rings. The van der Waals surface area contributed by atoms with E-state index in [0.29, 0.717) is 0 Å². The number of hydrogen-bond donors (Lipinski definition) is 0. The minimum absolute atomic E-state index is 1.01. The summed E-state index contributed by atoms with van der Waals surface area (Å²) in [5.41, 5.74) is 3.42. The number of rotatable bonds is 1. The van der Waals surface area contributed by atoms with Gasteiger partial charge in [0.25, 0.3) is 0 Å². The van der Waals surface area contributed by atoms with Gasteiger partial charge in [0, 0.05) is 21.6 Å². The molecule has 18 heavy (non-hydrogen) atoms. The Labute approximate surface area is 115 Å². The molecule has 0 N–H and O–H groups in total. The predicted molar refractivity (Wildman–Crippen MR) is 79.6 cm³/mol. The van der Waals surface area contributed by atoms with E-state index in [0.717, 1.165) is 15.7 Å². The van der Waals surface area contributed by atoms with Crippen LogP contribution in [0.4, 0.5) is 0 Å². The maximum absolute atomic E-state index is 4.55. The SMILES string of the molecule is Cc1cccc2cc(-c3ccc(Br)cc3)ncc12. The summed E-state index contributed by atoms with van der Waals surface area (Å²) in [6, 6.07) is 16.7. The molecule has 0 unspecified atom stereocenters. The number of pyridine rings is 1. The molecule has 0 bridgehead atoms. The Balaban J connectivity index is 2.16. The lowest BCUT2D eigenvalue weighted by atomic mass is 10.0. The number of benzene rings is 2. The lowest BCUT2D eigenvalue weighted by Crippen LogP contribution is -1.85. The zero-order valence-electron chi connectivity index (χ0n) is 10.0. The first kappa shape index (κ1) is 11.4. The number of fused-ring (bicyclic) bond motifs is 1. The van der Waals surface area contributed by atoms with E-state index in [4.69, 9.17) is 0 Å². The Hall–Kier alpha value is -1.67. The highest BCUT2D eigenvalue weighted by atomic mass is 79.9. The zero-order valence-corrected chi connectivity index (χ0v) is 11.6. The number of nitrogens with zero attached hydrogens (tertiary/aromatic N) is 1. The van der Waals surface area contributed by atoms with Crippen LogP contribution in [0.2, 0.25) is 0 Å². The lowest BCUT2D eigenvalue weighted by molar-refractivity contribution is 1.34. The number of hydrogen-bond acceptors (Lipinski definition) is 1. The van der Waals surface area contributed by atoms with Crippen LogP contribution in [0.3, 0.4) is 0 Å². The third kappa shape index (κ3) is 2.04. The normalized spacial score (nSPS) is 10.8. The highest BCUT2D eigenvalue weighted by molar-refractivity contribution is 9.10. The van der Waals surface area contributed by atoms with E-state index in [1.807, 2.05) is 18.3 Å². The number of aryl methyl sites for hydroxylation is 1. The van der Waals surface area contributed by atoms with Gasteiger partial charge in [-0.05, 0) is 36.1 Å². The molecule has 0 radical (unpaired) electrons. The fourth-order valence-corrected chi connectivity index (χ4v) is 2.37. The molecule has 1 aromatic heterocycles. The van der Waals surface area contributed by atoms with Gasteiger partial charge in [0.05, 0.1) is 5.69 Å². The maximum atomic E-state index is 4.55. The van der Waals surface area contributed by atoms with Gasteiger partial charge in [0.15, 0.2) is 0 Å². The Bertz CT molecular complexity index is 702. The van der Waals surface area contributed by atoms with Gasteiger partial charge < -0.3 is 0 Å². The average molecular weight is 298 g/mol. The molecule has 0 spiro atoms. The molecule has 0 aliphatic heterocycles. The molecule has 0 amide bonds. The minimum atomic E-state index is 1.01. The lowest BCUT2D eigenvalue weighted by Gasteiger charge is -2.05. The van der Waals surface area contributed by atoms with Crippen molar-refractivity contribution >= 4 is 26.7 Å². The van der Waals surface area contributed by atoms with Crippen molar-refractivity contribution in [2.75, 3.05) is 0 Å². The van der Waals surface area contributed by atoms with E-state index >= 15 is 0 Å². The van der Waals surface area contributed by atoms with Crippen LogP contribution in [0.25, 0.3) is 22.0 Å². The van der Waals surface area contributed by atoms with Gasteiger partial charge in [-0.1, -0.05) is 46.3 Å². The summed E-state index contributed by atoms with van der Waals surface area (Å²) in [6.07, 6.45) is 1.96. The number of aromatic nitrogens is 1. The molecule has 0 aliphatic rings. The molecule has 0 saturated heterocycles. The minimum Gasteiger partial charge on any atom is -0.256 e. The summed E-state index contributed by atoms with van der Waals surface area (Å²) < 4.78 is 1.09. The third-order valence-electron chi connectivity index (χ3n) is 3.12. The Morgan fingerprint density at radius 3 is 2.56 bits per heavy atom. The quantitative estimate of drug-likeness (QED) is 0.618. The van der Waals surface area contributed by atoms with Crippen molar-refractivity contribution in [1.29, 1.82) is 0 Å². The Morgan fingerprint density at radius 2 is 1.78 bits per heavy atom. The third-order valence-corrected chi connectivity index (χ3v) is 3.65. The zero-order chi connectivity index (χ0) is 12.5. The molecule has 2 aromatic carbocycles. The molecule has 0 fully saturated rings. The van der Waals surface area contributed by atoms with Crippen LogP contribution in [0.5, 0.6) is 0 Å². The van der Waals surface area contributed by atoms with E-state index in [1.54, 1.807) is 0 Å². The van der Waals surface area contributed by atoms with E-state index < -0.39 is 0 Å². The summed E-state index contributed by atoms with van der Waals surface area (Å²) in [4.78, 5) is 4.55. The standard InChI is InChI=1S/C16H12BrN/c1-11-3-2-4-13-9-16(18-10-15(11)13)12-5-7-14(17)8-6-12/h2-10H,1H3. The largest absolute Gasteiger partial charge is 0.256 e. The molecule has 1 nitrogen and oxygen atoms in total. The van der Waals surface area contributed by atoms with Gasteiger partial charge in [-0.3, -0.25) is 4.98 Å². The van der Waals surface area contributed by atoms with E-state index in [2.05, 4.69) is 64.2 Å². The van der Waals surface area contributed by atoms with Crippen molar-refractivity contribution in [3.8, 4) is 11.3 Å². The molecule has 0 aliphatic carbocycles. The number of halogens is 1. The summed E-state index contributed by atoms with van der Waals surface area (Å²) in [5.74, 6) is 0. The fourth-order valence-electron chi connectivity index (χ4n) is 2.10. The van der Waals surface area contributed by atoms with E-state index in [1.165, 1.54) is 16.3 Å². The Kier molecular flexibility index (Phi) is 2.88. The van der Waals surface area contributed by atoms with Gasteiger partial charge in [-0.2, -0.15) is 0 Å². The van der Waals surface area contributed by atoms with Crippen LogP contribution in [0.15, 0.2) is 59.2 Å². The predicted octanol–water partition coefficient (Wildman–Crippen LogP) is 4.97. The van der Waals surface area contributed by atoms with Crippen molar-refractivity contribution in [2.45, 2.75) is 6.92 Å². The summed E-state index contributed by atoms with van der Waals surface area (Å²) in [6.45, 7) is 2.11. The van der Waals surface area contributed by atoms with Crippen LogP contribution in [0.1, 0.15) is 5.56 Å². The first-order valence-corrected chi connectivity index (χ1v) is 6.65. The van der Waals surface area contributed by atoms with Gasteiger partial charge >= 0.3 is 0 Å². The molecule has 1 heterocycles. The molecule has 0 saturated carbocycles. The van der Waals surface area contributed by atoms with Crippen molar-refractivity contribution in [3.63, 3.8) is 0 Å². The highest BCUT2D eigenvalue weighted by Crippen LogP contribution is 2.24. The first-order chi connectivity index (χ1) is 8.74. The monoisotopic (exact) mass is 297 g/mol. The first-order valence-electron chi connectivity index (χ1n) is 5.85. The molecule has 0 atom stereocenters. The second kappa shape index (κ2) is 4.54. The maximum Gasteiger partial charge on any atom is 0.0708 e. The van der Waals surface area contributed by atoms with E-state index in [9.17, 15) is 0 Å². The van der Waals surface area contributed by atoms with Gasteiger partial charge in [-0.25, -0.2) is 0 Å². The van der Waals surface area contributed by atoms with Gasteiger partial charge in [0.2, 0.25) is 0 Å². The second-order valence-electron chi connectivity index (χ2n) is 4.37. The van der Waals surface area contributed by atoms with Crippen molar-refractivity contribution < 1.29 is 0 Å². The van der Waals surface area contributed by atoms with Crippen LogP contribution >= 0.6 is 15.9 Å². The van der Waals surface area contributed by atoms with Crippen LogP contribution in [-0.4, -0.2) is 4.98 Å². The second-order valence-corrected chi connectivity index (χ2v) is 5.29. The summed E-state index contributed by atoms with van der Waals surface area (Å²) in [5, 5.41) is 2.46. The van der Waals surface area contributed by atoms with Crippen LogP contribution in [0, 0.1) is 6.92 Å².